The summed E-state index contributed by atoms with van der Waals surface area (Å²) < 4.78 is 46.3. The van der Waals surface area contributed by atoms with E-state index in [1.165, 1.54) is 16.4 Å². The van der Waals surface area contributed by atoms with Gasteiger partial charge in [0.15, 0.2) is 0 Å². The van der Waals surface area contributed by atoms with Crippen LogP contribution in [0.15, 0.2) is 53.4 Å². The predicted octanol–water partition coefficient (Wildman–Crippen LogP) is 2.97. The molecule has 2 aromatic rings. The molecule has 1 fully saturated rings. The zero-order valence-corrected chi connectivity index (χ0v) is 19.8. The molecule has 1 amide bonds. The topological polar surface area (TPSA) is 70.2 Å². The van der Waals surface area contributed by atoms with Crippen LogP contribution in [0, 0.1) is 11.7 Å². The molecule has 9 heteroatoms. The Balaban J connectivity index is 1.34. The first kappa shape index (κ1) is 23.5. The van der Waals surface area contributed by atoms with Crippen LogP contribution in [0.4, 0.5) is 10.1 Å². The number of halogens is 1. The van der Waals surface area contributed by atoms with Gasteiger partial charge in [-0.15, -0.1) is 0 Å². The first-order chi connectivity index (χ1) is 15.8. The van der Waals surface area contributed by atoms with Crippen LogP contribution in [0.1, 0.15) is 19.8 Å². The van der Waals surface area contributed by atoms with Crippen molar-refractivity contribution >= 4 is 21.6 Å². The van der Waals surface area contributed by atoms with Crippen molar-refractivity contribution in [2.45, 2.75) is 30.8 Å². The average Bonchev–Trinajstić information content (AvgIpc) is 2.83. The lowest BCUT2D eigenvalue weighted by molar-refractivity contribution is -0.136. The van der Waals surface area contributed by atoms with E-state index in [0.29, 0.717) is 25.9 Å². The maximum atomic E-state index is 13.2. The summed E-state index contributed by atoms with van der Waals surface area (Å²) in [5.41, 5.74) is 1.07. The highest BCUT2D eigenvalue weighted by atomic mass is 32.2. The van der Waals surface area contributed by atoms with Crippen molar-refractivity contribution in [3.05, 3.63) is 54.3 Å². The predicted molar refractivity (Wildman–Crippen MR) is 124 cm³/mol. The van der Waals surface area contributed by atoms with E-state index in [-0.39, 0.29) is 35.9 Å². The van der Waals surface area contributed by atoms with Crippen LogP contribution in [-0.2, 0) is 14.8 Å². The number of sulfonamides is 1. The van der Waals surface area contributed by atoms with Gasteiger partial charge in [0.05, 0.1) is 23.7 Å². The van der Waals surface area contributed by atoms with Crippen LogP contribution in [0.3, 0.4) is 0 Å². The van der Waals surface area contributed by atoms with Crippen molar-refractivity contribution in [3.8, 4) is 5.75 Å². The molecule has 2 aliphatic heterocycles. The van der Waals surface area contributed by atoms with E-state index in [1.54, 1.807) is 11.9 Å². The highest BCUT2D eigenvalue weighted by Gasteiger charge is 2.34. The molecule has 0 radical (unpaired) electrons. The maximum absolute atomic E-state index is 13.2. The number of benzene rings is 2. The highest BCUT2D eigenvalue weighted by Crippen LogP contribution is 2.33. The summed E-state index contributed by atoms with van der Waals surface area (Å²) in [6.07, 6.45) is 0.783. The number of para-hydroxylation sites is 2. The van der Waals surface area contributed by atoms with Crippen LogP contribution in [0.2, 0.25) is 0 Å². The van der Waals surface area contributed by atoms with Crippen LogP contribution >= 0.6 is 0 Å². The number of fused-ring (bicyclic) bond motifs is 1. The van der Waals surface area contributed by atoms with Crippen LogP contribution in [-0.4, -0.2) is 69.4 Å². The van der Waals surface area contributed by atoms with Gasteiger partial charge in [0.1, 0.15) is 17.7 Å². The Morgan fingerprint density at radius 2 is 1.79 bits per heavy atom. The van der Waals surface area contributed by atoms with Crippen molar-refractivity contribution in [1.29, 1.82) is 0 Å². The molecule has 33 heavy (non-hydrogen) atoms. The Hall–Kier alpha value is -2.65. The standard InChI is InChI=1S/C24H30FN3O4S/c1-3-27-17-20(32-23-7-5-4-6-22(23)27)16-26(2)24(29)18-12-14-28(15-13-18)33(30,31)21-10-8-19(25)9-11-21/h4-11,18,20H,3,12-17H2,1-2H3/t20-/m1/s1. The number of anilines is 1. The first-order valence-corrected chi connectivity index (χ1v) is 12.7. The van der Waals surface area contributed by atoms with E-state index in [1.807, 2.05) is 24.3 Å². The number of nitrogens with zero attached hydrogens (tertiary/aromatic N) is 3. The van der Waals surface area contributed by atoms with Crippen molar-refractivity contribution < 1.29 is 22.3 Å². The van der Waals surface area contributed by atoms with Crippen LogP contribution in [0.25, 0.3) is 0 Å². The number of ether oxygens (including phenoxy) is 1. The Morgan fingerprint density at radius 1 is 1.12 bits per heavy atom. The molecule has 0 N–H and O–H groups in total. The van der Waals surface area contributed by atoms with Gasteiger partial charge < -0.3 is 14.5 Å². The van der Waals surface area contributed by atoms with E-state index in [0.717, 1.165) is 30.1 Å². The summed E-state index contributed by atoms with van der Waals surface area (Å²) in [5, 5.41) is 0. The van der Waals surface area contributed by atoms with E-state index in [2.05, 4.69) is 11.8 Å². The van der Waals surface area contributed by atoms with Gasteiger partial charge in [-0.25, -0.2) is 12.8 Å². The number of hydrogen-bond donors (Lipinski definition) is 0. The van der Waals surface area contributed by atoms with Gasteiger partial charge in [-0.2, -0.15) is 4.31 Å². The van der Waals surface area contributed by atoms with E-state index < -0.39 is 15.8 Å². The van der Waals surface area contributed by atoms with Crippen molar-refractivity contribution in [3.63, 3.8) is 0 Å². The SMILES string of the molecule is CCN1C[C@@H](CN(C)C(=O)C2CCN(S(=O)(=O)c3ccc(F)cc3)CC2)Oc2ccccc21. The molecule has 7 nitrogen and oxygen atoms in total. The number of piperidine rings is 1. The molecule has 2 aliphatic rings. The minimum atomic E-state index is -3.69. The monoisotopic (exact) mass is 475 g/mol. The third-order valence-electron chi connectivity index (χ3n) is 6.41. The zero-order valence-electron chi connectivity index (χ0n) is 19.0. The van der Waals surface area contributed by atoms with Gasteiger partial charge >= 0.3 is 0 Å². The lowest BCUT2D eigenvalue weighted by atomic mass is 9.96. The molecule has 2 heterocycles. The summed E-state index contributed by atoms with van der Waals surface area (Å²) in [4.78, 5) is 17.1. The summed E-state index contributed by atoms with van der Waals surface area (Å²) in [6.45, 7) is 4.66. The molecule has 178 valence electrons. The summed E-state index contributed by atoms with van der Waals surface area (Å²) in [6, 6.07) is 12.8. The average molecular weight is 476 g/mol. The Kier molecular flexibility index (Phi) is 6.90. The molecule has 0 aliphatic carbocycles. The third kappa shape index (κ3) is 4.99. The molecular formula is C24H30FN3O4S. The minimum Gasteiger partial charge on any atom is -0.485 e. The number of carbonyl (C=O) groups excluding carboxylic acids is 1. The van der Waals surface area contributed by atoms with Crippen molar-refractivity contribution in [2.75, 3.05) is 44.7 Å². The fourth-order valence-electron chi connectivity index (χ4n) is 4.58. The molecular weight excluding hydrogens is 445 g/mol. The summed E-state index contributed by atoms with van der Waals surface area (Å²) in [7, 11) is -1.91. The van der Waals surface area contributed by atoms with Crippen LogP contribution < -0.4 is 9.64 Å². The van der Waals surface area contributed by atoms with Gasteiger partial charge in [0.25, 0.3) is 0 Å². The van der Waals surface area contributed by atoms with E-state index >= 15 is 0 Å². The molecule has 0 saturated carbocycles. The second-order valence-electron chi connectivity index (χ2n) is 8.60. The van der Waals surface area contributed by atoms with Crippen molar-refractivity contribution in [1.82, 2.24) is 9.21 Å². The Bertz CT molecular complexity index is 1090. The largest absolute Gasteiger partial charge is 0.485 e. The van der Waals surface area contributed by atoms with Gasteiger partial charge in [-0.1, -0.05) is 12.1 Å². The molecule has 4 rings (SSSR count). The van der Waals surface area contributed by atoms with Gasteiger partial charge in [-0.05, 0) is 56.2 Å². The first-order valence-electron chi connectivity index (χ1n) is 11.3. The van der Waals surface area contributed by atoms with Crippen LogP contribution in [0.5, 0.6) is 5.75 Å². The second-order valence-corrected chi connectivity index (χ2v) is 10.5. The molecule has 0 bridgehead atoms. The fourth-order valence-corrected chi connectivity index (χ4v) is 6.05. The highest BCUT2D eigenvalue weighted by molar-refractivity contribution is 7.89. The maximum Gasteiger partial charge on any atom is 0.243 e. The molecule has 0 spiro atoms. The summed E-state index contributed by atoms with van der Waals surface area (Å²) >= 11 is 0. The molecule has 1 saturated heterocycles. The summed E-state index contributed by atoms with van der Waals surface area (Å²) in [5.74, 6) is 0.136. The molecule has 0 aromatic heterocycles. The number of rotatable bonds is 6. The Labute approximate surface area is 194 Å². The molecule has 1 atom stereocenters. The number of likely N-dealkylation sites (N-methyl/N-ethyl adjacent to an activating group) is 2. The fraction of sp³-hybridized carbons (Fsp3) is 0.458. The normalized spacial score (nSPS) is 19.6. The minimum absolute atomic E-state index is 0.0133. The number of hydrogen-bond acceptors (Lipinski definition) is 5. The number of amides is 1. The van der Waals surface area contributed by atoms with E-state index in [4.69, 9.17) is 4.74 Å². The van der Waals surface area contributed by atoms with Crippen molar-refractivity contribution in [2.24, 2.45) is 5.92 Å². The smallest absolute Gasteiger partial charge is 0.243 e. The third-order valence-corrected chi connectivity index (χ3v) is 8.33. The van der Waals surface area contributed by atoms with E-state index in [9.17, 15) is 17.6 Å². The van der Waals surface area contributed by atoms with Gasteiger partial charge in [-0.3, -0.25) is 4.79 Å². The molecule has 2 aromatic carbocycles. The Morgan fingerprint density at radius 3 is 2.45 bits per heavy atom. The lowest BCUT2D eigenvalue weighted by Gasteiger charge is -2.38. The zero-order chi connectivity index (χ0) is 23.6. The van der Waals surface area contributed by atoms with Gasteiger partial charge in [0, 0.05) is 32.6 Å². The quantitative estimate of drug-likeness (QED) is 0.643. The van der Waals surface area contributed by atoms with Gasteiger partial charge in [0.2, 0.25) is 15.9 Å². The molecule has 0 unspecified atom stereocenters. The second kappa shape index (κ2) is 9.69. The lowest BCUT2D eigenvalue weighted by Crippen LogP contribution is -2.49. The number of carbonyl (C=O) groups is 1.